The van der Waals surface area contributed by atoms with Crippen LogP contribution in [-0.4, -0.2) is 24.2 Å². The van der Waals surface area contributed by atoms with Crippen LogP contribution >= 0.6 is 0 Å². The Labute approximate surface area is 107 Å². The molecule has 1 amide bonds. The average Bonchev–Trinajstić information content (AvgIpc) is 2.41. The second-order valence-corrected chi connectivity index (χ2v) is 3.78. The summed E-state index contributed by atoms with van der Waals surface area (Å²) < 4.78 is 5.38. The van der Waals surface area contributed by atoms with Crippen molar-refractivity contribution in [2.45, 2.75) is 19.4 Å². The molecule has 4 heteroatoms. The molecular formula is C14H19NO3. The average molecular weight is 249 g/mol. The van der Waals surface area contributed by atoms with Gasteiger partial charge in [0, 0.05) is 18.5 Å². The number of carbonyl (C=O) groups is 1. The summed E-state index contributed by atoms with van der Waals surface area (Å²) in [6, 6.07) is 7.45. The van der Waals surface area contributed by atoms with E-state index in [1.165, 1.54) is 0 Å². The smallest absolute Gasteiger partial charge is 0.220 e. The van der Waals surface area contributed by atoms with Gasteiger partial charge in [-0.05, 0) is 12.5 Å². The topological polar surface area (TPSA) is 58.6 Å². The zero-order chi connectivity index (χ0) is 13.2. The summed E-state index contributed by atoms with van der Waals surface area (Å²) in [6.45, 7) is 4.23. The fourth-order valence-corrected chi connectivity index (χ4v) is 1.46. The fourth-order valence-electron chi connectivity index (χ4n) is 1.46. The first kappa shape index (κ1) is 14.3. The normalized spacial score (nSPS) is 9.83. The van der Waals surface area contributed by atoms with E-state index in [0.717, 1.165) is 5.56 Å². The zero-order valence-electron chi connectivity index (χ0n) is 10.4. The first-order valence-corrected chi connectivity index (χ1v) is 5.97. The number of rotatable bonds is 8. The lowest BCUT2D eigenvalue weighted by Gasteiger charge is -2.11. The van der Waals surface area contributed by atoms with Crippen LogP contribution in [0.2, 0.25) is 0 Å². The number of allylic oxidation sites excluding steroid dienone is 1. The molecule has 2 N–H and O–H groups in total. The van der Waals surface area contributed by atoms with E-state index in [-0.39, 0.29) is 19.1 Å². The Hall–Kier alpha value is -1.81. The van der Waals surface area contributed by atoms with Crippen LogP contribution in [0.5, 0.6) is 5.75 Å². The molecule has 0 unspecified atom stereocenters. The Morgan fingerprint density at radius 3 is 2.94 bits per heavy atom. The molecule has 0 bridgehead atoms. The highest BCUT2D eigenvalue weighted by molar-refractivity contribution is 5.76. The van der Waals surface area contributed by atoms with Crippen molar-refractivity contribution < 1.29 is 14.6 Å². The molecule has 0 atom stereocenters. The van der Waals surface area contributed by atoms with E-state index in [1.807, 2.05) is 24.3 Å². The minimum absolute atomic E-state index is 0.00754. The fraction of sp³-hybridized carbons (Fsp3) is 0.357. The molecule has 1 rings (SSSR count). The molecule has 1 aromatic rings. The first-order chi connectivity index (χ1) is 8.77. The van der Waals surface area contributed by atoms with Gasteiger partial charge in [-0.15, -0.1) is 6.58 Å². The molecule has 0 aliphatic heterocycles. The second kappa shape index (κ2) is 8.31. The molecular weight excluding hydrogens is 230 g/mol. The third kappa shape index (κ3) is 5.01. The molecule has 1 aromatic carbocycles. The monoisotopic (exact) mass is 249 g/mol. The highest BCUT2D eigenvalue weighted by Crippen LogP contribution is 2.17. The number of amides is 1. The largest absolute Gasteiger partial charge is 0.491 e. The van der Waals surface area contributed by atoms with Gasteiger partial charge in [-0.1, -0.05) is 24.3 Å². The molecule has 0 radical (unpaired) electrons. The van der Waals surface area contributed by atoms with E-state index in [4.69, 9.17) is 9.84 Å². The number of ether oxygens (including phenoxy) is 1. The van der Waals surface area contributed by atoms with Gasteiger partial charge >= 0.3 is 0 Å². The van der Waals surface area contributed by atoms with E-state index < -0.39 is 0 Å². The Kier molecular flexibility index (Phi) is 6.58. The van der Waals surface area contributed by atoms with Gasteiger partial charge in [0.15, 0.2) is 0 Å². The molecule has 0 fully saturated rings. The molecule has 0 saturated carbocycles. The molecule has 0 aliphatic carbocycles. The van der Waals surface area contributed by atoms with Crippen molar-refractivity contribution >= 4 is 5.91 Å². The maximum atomic E-state index is 11.5. The van der Waals surface area contributed by atoms with Gasteiger partial charge in [-0.2, -0.15) is 0 Å². The third-order valence-electron chi connectivity index (χ3n) is 2.37. The van der Waals surface area contributed by atoms with Crippen LogP contribution in [-0.2, 0) is 11.3 Å². The summed E-state index contributed by atoms with van der Waals surface area (Å²) >= 11 is 0. The highest BCUT2D eigenvalue weighted by atomic mass is 16.5. The van der Waals surface area contributed by atoms with Crippen LogP contribution in [0.1, 0.15) is 18.4 Å². The Balaban J connectivity index is 2.50. The van der Waals surface area contributed by atoms with Crippen molar-refractivity contribution in [2.75, 3.05) is 13.2 Å². The number of hydrogen-bond donors (Lipinski definition) is 2. The summed E-state index contributed by atoms with van der Waals surface area (Å²) in [4.78, 5) is 11.5. The number of hydrogen-bond acceptors (Lipinski definition) is 3. The van der Waals surface area contributed by atoms with Gasteiger partial charge in [0.2, 0.25) is 5.91 Å². The quantitative estimate of drug-likeness (QED) is 0.689. The maximum absolute atomic E-state index is 11.5. The van der Waals surface area contributed by atoms with Crippen molar-refractivity contribution in [3.63, 3.8) is 0 Å². The van der Waals surface area contributed by atoms with E-state index in [0.29, 0.717) is 25.1 Å². The number of aliphatic hydroxyl groups is 1. The van der Waals surface area contributed by atoms with Crippen LogP contribution in [0, 0.1) is 0 Å². The van der Waals surface area contributed by atoms with Gasteiger partial charge in [-0.3, -0.25) is 4.79 Å². The summed E-state index contributed by atoms with van der Waals surface area (Å²) in [7, 11) is 0. The molecule has 0 spiro atoms. The number of benzene rings is 1. The van der Waals surface area contributed by atoms with Gasteiger partial charge < -0.3 is 15.2 Å². The van der Waals surface area contributed by atoms with Crippen LogP contribution in [0.3, 0.4) is 0 Å². The van der Waals surface area contributed by atoms with Gasteiger partial charge in [0.05, 0.1) is 6.61 Å². The van der Waals surface area contributed by atoms with Crippen LogP contribution in [0.4, 0.5) is 0 Å². The van der Waals surface area contributed by atoms with Gasteiger partial charge in [0.25, 0.3) is 0 Å². The van der Waals surface area contributed by atoms with Crippen LogP contribution in [0.25, 0.3) is 0 Å². The summed E-state index contributed by atoms with van der Waals surface area (Å²) in [5, 5.41) is 11.6. The first-order valence-electron chi connectivity index (χ1n) is 5.97. The summed E-state index contributed by atoms with van der Waals surface area (Å²) in [5.41, 5.74) is 0.901. The Bertz CT molecular complexity index is 390. The van der Waals surface area contributed by atoms with E-state index >= 15 is 0 Å². The number of aliphatic hydroxyl groups excluding tert-OH is 1. The molecule has 0 aromatic heterocycles. The second-order valence-electron chi connectivity index (χ2n) is 3.78. The zero-order valence-corrected chi connectivity index (χ0v) is 10.4. The van der Waals surface area contributed by atoms with E-state index in [2.05, 4.69) is 11.9 Å². The minimum Gasteiger partial charge on any atom is -0.491 e. The predicted molar refractivity (Wildman–Crippen MR) is 70.3 cm³/mol. The Morgan fingerprint density at radius 2 is 2.22 bits per heavy atom. The molecule has 4 nitrogen and oxygen atoms in total. The van der Waals surface area contributed by atoms with Crippen LogP contribution < -0.4 is 10.1 Å². The minimum atomic E-state index is -0.0277. The maximum Gasteiger partial charge on any atom is 0.220 e. The van der Waals surface area contributed by atoms with Gasteiger partial charge in [0.1, 0.15) is 12.4 Å². The molecule has 0 aliphatic rings. The predicted octanol–water partition coefficient (Wildman–Crippen LogP) is 1.64. The van der Waals surface area contributed by atoms with Crippen LogP contribution in [0.15, 0.2) is 36.9 Å². The van der Waals surface area contributed by atoms with Gasteiger partial charge in [-0.25, -0.2) is 0 Å². The lowest BCUT2D eigenvalue weighted by molar-refractivity contribution is -0.121. The molecule has 0 saturated heterocycles. The summed E-state index contributed by atoms with van der Waals surface area (Å²) in [5.74, 6) is 0.683. The Morgan fingerprint density at radius 1 is 1.44 bits per heavy atom. The van der Waals surface area contributed by atoms with Crippen molar-refractivity contribution in [1.29, 1.82) is 0 Å². The van der Waals surface area contributed by atoms with Crippen molar-refractivity contribution in [1.82, 2.24) is 5.32 Å². The van der Waals surface area contributed by atoms with E-state index in [9.17, 15) is 4.79 Å². The highest BCUT2D eigenvalue weighted by Gasteiger charge is 2.04. The molecule has 98 valence electrons. The lowest BCUT2D eigenvalue weighted by Crippen LogP contribution is -2.22. The third-order valence-corrected chi connectivity index (χ3v) is 2.37. The van der Waals surface area contributed by atoms with Crippen molar-refractivity contribution in [3.8, 4) is 5.75 Å². The number of para-hydroxylation sites is 1. The van der Waals surface area contributed by atoms with Crippen molar-refractivity contribution in [3.05, 3.63) is 42.5 Å². The van der Waals surface area contributed by atoms with Crippen molar-refractivity contribution in [2.24, 2.45) is 0 Å². The SMILES string of the molecule is C=CCCC(=O)NCc1ccccc1OCCO. The summed E-state index contributed by atoms with van der Waals surface area (Å²) in [6.07, 6.45) is 2.84. The molecule has 18 heavy (non-hydrogen) atoms. The standard InChI is InChI=1S/C14H19NO3/c1-2-3-8-14(17)15-11-12-6-4-5-7-13(12)18-10-9-16/h2,4-7,16H,1,3,8-11H2,(H,15,17). The lowest BCUT2D eigenvalue weighted by atomic mass is 10.2. The number of carbonyl (C=O) groups excluding carboxylic acids is 1. The number of nitrogens with one attached hydrogen (secondary N) is 1. The van der Waals surface area contributed by atoms with E-state index in [1.54, 1.807) is 6.08 Å². The molecule has 0 heterocycles.